The molecule has 1 aromatic rings. The molecule has 0 spiro atoms. The fourth-order valence-corrected chi connectivity index (χ4v) is 2.18. The van der Waals surface area contributed by atoms with Crippen LogP contribution in [0.2, 0.25) is 0 Å². The van der Waals surface area contributed by atoms with Gasteiger partial charge in [0.2, 0.25) is 0 Å². The summed E-state index contributed by atoms with van der Waals surface area (Å²) in [5.41, 5.74) is 5.23. The molecule has 1 aliphatic rings. The SMILES string of the molecule is NCC1CCN(C(=O)C(F)(F)c2ccccc2)C1. The number of carbonyl (C=O) groups is 1. The molecular weight excluding hydrogens is 238 g/mol. The van der Waals surface area contributed by atoms with Crippen LogP contribution in [0.5, 0.6) is 0 Å². The van der Waals surface area contributed by atoms with Crippen molar-refractivity contribution in [2.45, 2.75) is 12.3 Å². The van der Waals surface area contributed by atoms with Crippen LogP contribution in [-0.4, -0.2) is 30.4 Å². The maximum atomic E-state index is 14.0. The van der Waals surface area contributed by atoms with E-state index >= 15 is 0 Å². The zero-order chi connectivity index (χ0) is 13.2. The fraction of sp³-hybridized carbons (Fsp3) is 0.462. The Hall–Kier alpha value is -1.49. The number of carbonyl (C=O) groups excluding carboxylic acids is 1. The second kappa shape index (κ2) is 5.02. The summed E-state index contributed by atoms with van der Waals surface area (Å²) in [4.78, 5) is 13.1. The topological polar surface area (TPSA) is 46.3 Å². The summed E-state index contributed by atoms with van der Waals surface area (Å²) in [6, 6.07) is 7.19. The molecule has 0 aliphatic carbocycles. The van der Waals surface area contributed by atoms with Crippen LogP contribution in [0.1, 0.15) is 12.0 Å². The smallest absolute Gasteiger partial charge is 0.337 e. The van der Waals surface area contributed by atoms with Crippen molar-refractivity contribution in [3.63, 3.8) is 0 Å². The summed E-state index contributed by atoms with van der Waals surface area (Å²) >= 11 is 0. The average Bonchev–Trinajstić information content (AvgIpc) is 2.87. The maximum Gasteiger partial charge on any atom is 0.349 e. The molecule has 0 saturated carbocycles. The first-order valence-electron chi connectivity index (χ1n) is 5.98. The van der Waals surface area contributed by atoms with Gasteiger partial charge in [0.1, 0.15) is 0 Å². The van der Waals surface area contributed by atoms with Gasteiger partial charge in [-0.1, -0.05) is 30.3 Å². The van der Waals surface area contributed by atoms with Crippen LogP contribution < -0.4 is 5.73 Å². The first-order valence-corrected chi connectivity index (χ1v) is 5.98. The molecule has 18 heavy (non-hydrogen) atoms. The Kier molecular flexibility index (Phi) is 3.61. The van der Waals surface area contributed by atoms with Crippen LogP contribution in [0.4, 0.5) is 8.78 Å². The second-order valence-corrected chi connectivity index (χ2v) is 4.58. The summed E-state index contributed by atoms with van der Waals surface area (Å²) in [5, 5.41) is 0. The molecule has 2 N–H and O–H groups in total. The molecule has 98 valence electrons. The van der Waals surface area contributed by atoms with E-state index in [1.807, 2.05) is 0 Å². The number of amides is 1. The van der Waals surface area contributed by atoms with E-state index in [0.717, 1.165) is 0 Å². The maximum absolute atomic E-state index is 14.0. The highest BCUT2D eigenvalue weighted by atomic mass is 19.3. The van der Waals surface area contributed by atoms with E-state index < -0.39 is 11.8 Å². The van der Waals surface area contributed by atoms with Gasteiger partial charge in [-0.2, -0.15) is 8.78 Å². The normalized spacial score (nSPS) is 20.2. The molecule has 2 rings (SSSR count). The van der Waals surface area contributed by atoms with E-state index in [4.69, 9.17) is 5.73 Å². The van der Waals surface area contributed by atoms with E-state index in [0.29, 0.717) is 26.1 Å². The summed E-state index contributed by atoms with van der Waals surface area (Å²) in [5.74, 6) is -4.43. The van der Waals surface area contributed by atoms with Crippen molar-refractivity contribution in [2.24, 2.45) is 11.7 Å². The van der Waals surface area contributed by atoms with E-state index in [-0.39, 0.29) is 11.5 Å². The number of likely N-dealkylation sites (tertiary alicyclic amines) is 1. The van der Waals surface area contributed by atoms with Crippen molar-refractivity contribution >= 4 is 5.91 Å². The number of benzene rings is 1. The number of halogens is 2. The molecule has 1 aliphatic heterocycles. The predicted octanol–water partition coefficient (Wildman–Crippen LogP) is 1.59. The van der Waals surface area contributed by atoms with Gasteiger partial charge >= 0.3 is 5.92 Å². The van der Waals surface area contributed by atoms with E-state index in [9.17, 15) is 13.6 Å². The Morgan fingerprint density at radius 1 is 1.39 bits per heavy atom. The highest BCUT2D eigenvalue weighted by Gasteiger charge is 2.45. The van der Waals surface area contributed by atoms with Gasteiger partial charge in [0, 0.05) is 18.7 Å². The molecule has 1 heterocycles. The minimum Gasteiger partial charge on any atom is -0.337 e. The Morgan fingerprint density at radius 2 is 2.06 bits per heavy atom. The highest BCUT2D eigenvalue weighted by Crippen LogP contribution is 2.32. The van der Waals surface area contributed by atoms with Crippen LogP contribution in [0.25, 0.3) is 0 Å². The van der Waals surface area contributed by atoms with Gasteiger partial charge in [-0.15, -0.1) is 0 Å². The Bertz CT molecular complexity index is 422. The monoisotopic (exact) mass is 254 g/mol. The van der Waals surface area contributed by atoms with Gasteiger partial charge in [0.25, 0.3) is 5.91 Å². The van der Waals surface area contributed by atoms with Crippen LogP contribution in [-0.2, 0) is 10.7 Å². The highest BCUT2D eigenvalue weighted by molar-refractivity contribution is 5.85. The zero-order valence-electron chi connectivity index (χ0n) is 9.98. The van der Waals surface area contributed by atoms with Gasteiger partial charge < -0.3 is 10.6 Å². The minimum absolute atomic E-state index is 0.139. The van der Waals surface area contributed by atoms with Gasteiger partial charge in [-0.3, -0.25) is 4.79 Å². The van der Waals surface area contributed by atoms with Gasteiger partial charge in [-0.25, -0.2) is 0 Å². The van der Waals surface area contributed by atoms with Gasteiger partial charge in [-0.05, 0) is 18.9 Å². The summed E-state index contributed by atoms with van der Waals surface area (Å²) in [6.45, 7) is 1.13. The zero-order valence-corrected chi connectivity index (χ0v) is 9.98. The number of nitrogens with two attached hydrogens (primary N) is 1. The number of hydrogen-bond acceptors (Lipinski definition) is 2. The molecule has 1 amide bonds. The standard InChI is InChI=1S/C13H16F2N2O/c14-13(15,11-4-2-1-3-5-11)12(18)17-7-6-10(8-16)9-17/h1-5,10H,6-9,16H2. The molecular formula is C13H16F2N2O. The molecule has 1 unspecified atom stereocenters. The van der Waals surface area contributed by atoms with Crippen LogP contribution >= 0.6 is 0 Å². The minimum atomic E-state index is -3.45. The van der Waals surface area contributed by atoms with E-state index in [1.54, 1.807) is 6.07 Å². The third-order valence-electron chi connectivity index (χ3n) is 3.31. The predicted molar refractivity (Wildman–Crippen MR) is 64.1 cm³/mol. The lowest BCUT2D eigenvalue weighted by Gasteiger charge is -2.23. The first kappa shape index (κ1) is 13.0. The molecule has 1 atom stereocenters. The van der Waals surface area contributed by atoms with Gasteiger partial charge in [0.15, 0.2) is 0 Å². The molecule has 1 saturated heterocycles. The van der Waals surface area contributed by atoms with Crippen LogP contribution in [0.15, 0.2) is 30.3 Å². The van der Waals surface area contributed by atoms with Crippen molar-refractivity contribution in [1.29, 1.82) is 0 Å². The molecule has 1 aromatic carbocycles. The van der Waals surface area contributed by atoms with Crippen molar-refractivity contribution in [2.75, 3.05) is 19.6 Å². The quantitative estimate of drug-likeness (QED) is 0.890. The van der Waals surface area contributed by atoms with Crippen molar-refractivity contribution in [3.8, 4) is 0 Å². The first-order chi connectivity index (χ1) is 8.55. The molecule has 1 fully saturated rings. The second-order valence-electron chi connectivity index (χ2n) is 4.58. The van der Waals surface area contributed by atoms with E-state index in [2.05, 4.69) is 0 Å². The van der Waals surface area contributed by atoms with Crippen LogP contribution in [0, 0.1) is 5.92 Å². The fourth-order valence-electron chi connectivity index (χ4n) is 2.18. The Balaban J connectivity index is 2.13. The third kappa shape index (κ3) is 2.36. The number of nitrogens with zero attached hydrogens (tertiary/aromatic N) is 1. The Labute approximate surface area is 105 Å². The lowest BCUT2D eigenvalue weighted by Crippen LogP contribution is -2.41. The molecule has 3 nitrogen and oxygen atoms in total. The van der Waals surface area contributed by atoms with Gasteiger partial charge in [0.05, 0.1) is 0 Å². The van der Waals surface area contributed by atoms with Crippen molar-refractivity contribution < 1.29 is 13.6 Å². The molecule has 5 heteroatoms. The number of hydrogen-bond donors (Lipinski definition) is 1. The lowest BCUT2D eigenvalue weighted by atomic mass is 10.1. The number of alkyl halides is 2. The molecule has 0 bridgehead atoms. The number of rotatable bonds is 3. The lowest BCUT2D eigenvalue weighted by molar-refractivity contribution is -0.158. The van der Waals surface area contributed by atoms with Crippen molar-refractivity contribution in [3.05, 3.63) is 35.9 Å². The summed E-state index contributed by atoms with van der Waals surface area (Å²) in [6.07, 6.45) is 0.701. The van der Waals surface area contributed by atoms with Crippen molar-refractivity contribution in [1.82, 2.24) is 4.90 Å². The third-order valence-corrected chi connectivity index (χ3v) is 3.31. The molecule has 0 aromatic heterocycles. The average molecular weight is 254 g/mol. The summed E-state index contributed by atoms with van der Waals surface area (Å²) < 4.78 is 28.0. The largest absolute Gasteiger partial charge is 0.349 e. The summed E-state index contributed by atoms with van der Waals surface area (Å²) in [7, 11) is 0. The molecule has 0 radical (unpaired) electrons. The Morgan fingerprint density at radius 3 is 2.61 bits per heavy atom. The van der Waals surface area contributed by atoms with Crippen LogP contribution in [0.3, 0.4) is 0 Å². The van der Waals surface area contributed by atoms with E-state index in [1.165, 1.54) is 29.2 Å².